The zero-order chi connectivity index (χ0) is 29.4. The van der Waals surface area contributed by atoms with Crippen LogP contribution in [0.5, 0.6) is 0 Å². The van der Waals surface area contributed by atoms with Gasteiger partial charge in [-0.05, 0) is 87.5 Å². The molecule has 3 aromatic carbocycles. The van der Waals surface area contributed by atoms with Gasteiger partial charge in [-0.15, -0.1) is 11.8 Å². The molecule has 0 fully saturated rings. The number of hydrogen-bond acceptors (Lipinski definition) is 5. The second kappa shape index (κ2) is 14.2. The highest BCUT2D eigenvalue weighted by molar-refractivity contribution is 9.10. The average Bonchev–Trinajstić information content (AvgIpc) is 2.94. The largest absolute Gasteiger partial charge is 0.352 e. The molecule has 7 nitrogen and oxygen atoms in total. The van der Waals surface area contributed by atoms with Crippen molar-refractivity contribution < 1.29 is 18.0 Å². The summed E-state index contributed by atoms with van der Waals surface area (Å²) in [5.41, 5.74) is 2.14. The Morgan fingerprint density at radius 3 is 2.23 bits per heavy atom. The number of thioether (sulfide) groups is 1. The Kier molecular flexibility index (Phi) is 11.2. The molecule has 10 heteroatoms. The molecule has 0 heterocycles. The van der Waals surface area contributed by atoms with Crippen molar-refractivity contribution in [3.63, 3.8) is 0 Å². The quantitative estimate of drug-likeness (QED) is 0.244. The van der Waals surface area contributed by atoms with E-state index in [4.69, 9.17) is 0 Å². The van der Waals surface area contributed by atoms with E-state index in [1.807, 2.05) is 51.3 Å². The number of amides is 2. The molecule has 40 heavy (non-hydrogen) atoms. The van der Waals surface area contributed by atoms with Gasteiger partial charge in [-0.25, -0.2) is 8.42 Å². The number of benzene rings is 3. The lowest BCUT2D eigenvalue weighted by Gasteiger charge is -2.32. The number of anilines is 1. The molecule has 0 aliphatic heterocycles. The molecule has 0 aromatic heterocycles. The van der Waals surface area contributed by atoms with E-state index in [-0.39, 0.29) is 23.4 Å². The molecule has 3 rings (SSSR count). The lowest BCUT2D eigenvalue weighted by molar-refractivity contribution is -0.139. The van der Waals surface area contributed by atoms with Crippen molar-refractivity contribution in [2.24, 2.45) is 0 Å². The van der Waals surface area contributed by atoms with E-state index in [1.54, 1.807) is 55.5 Å². The highest BCUT2D eigenvalue weighted by atomic mass is 79.9. The number of nitrogens with one attached hydrogen (secondary N) is 1. The normalized spacial score (nSPS) is 12.8. The first-order chi connectivity index (χ1) is 19.0. The maximum Gasteiger partial charge on any atom is 0.264 e. The monoisotopic (exact) mass is 645 g/mol. The van der Waals surface area contributed by atoms with Gasteiger partial charge in [0.2, 0.25) is 11.8 Å². The van der Waals surface area contributed by atoms with Crippen molar-refractivity contribution in [3.05, 3.63) is 88.4 Å². The smallest absolute Gasteiger partial charge is 0.264 e. The highest BCUT2D eigenvalue weighted by Gasteiger charge is 2.32. The van der Waals surface area contributed by atoms with Crippen molar-refractivity contribution in [2.75, 3.05) is 17.1 Å². The van der Waals surface area contributed by atoms with Crippen LogP contribution in [0.1, 0.15) is 38.3 Å². The molecular weight excluding hydrogens is 610 g/mol. The number of halogens is 1. The maximum absolute atomic E-state index is 14.0. The van der Waals surface area contributed by atoms with Gasteiger partial charge in [-0.1, -0.05) is 52.7 Å². The molecule has 2 amide bonds. The summed E-state index contributed by atoms with van der Waals surface area (Å²) >= 11 is 4.98. The van der Waals surface area contributed by atoms with Crippen molar-refractivity contribution in [2.45, 2.75) is 62.5 Å². The van der Waals surface area contributed by atoms with E-state index in [1.165, 1.54) is 16.7 Å². The molecule has 0 unspecified atom stereocenters. The summed E-state index contributed by atoms with van der Waals surface area (Å²) in [5.74, 6) is -0.785. The number of carbonyl (C=O) groups is 2. The van der Waals surface area contributed by atoms with Crippen LogP contribution in [0.15, 0.2) is 87.1 Å². The van der Waals surface area contributed by atoms with Gasteiger partial charge in [0, 0.05) is 22.0 Å². The Morgan fingerprint density at radius 2 is 1.65 bits per heavy atom. The molecular formula is C30H36BrN3O4S2. The molecule has 0 aliphatic rings. The van der Waals surface area contributed by atoms with E-state index < -0.39 is 28.5 Å². The first-order valence-corrected chi connectivity index (χ1v) is 16.5. The fourth-order valence-corrected chi connectivity index (χ4v) is 6.26. The fourth-order valence-electron chi connectivity index (χ4n) is 3.99. The summed E-state index contributed by atoms with van der Waals surface area (Å²) in [6.07, 6.45) is 2.66. The zero-order valence-corrected chi connectivity index (χ0v) is 26.6. The van der Waals surface area contributed by atoms with Crippen LogP contribution in [0.2, 0.25) is 0 Å². The summed E-state index contributed by atoms with van der Waals surface area (Å²) in [6.45, 7) is 7.11. The highest BCUT2D eigenvalue weighted by Crippen LogP contribution is 2.27. The first-order valence-electron chi connectivity index (χ1n) is 13.0. The Balaban J connectivity index is 2.02. The summed E-state index contributed by atoms with van der Waals surface area (Å²) in [5, 5.41) is 2.94. The Labute approximate surface area is 250 Å². The minimum atomic E-state index is -4.10. The van der Waals surface area contributed by atoms with Gasteiger partial charge in [0.05, 0.1) is 10.6 Å². The lowest BCUT2D eigenvalue weighted by atomic mass is 10.1. The molecule has 0 saturated carbocycles. The number of sulfonamides is 1. The standard InChI is InChI=1S/C30H36BrN3O4S2/c1-6-22(3)32-30(36)23(4)33(19-24-8-7-9-25(31)18-24)29(35)20-34(26-12-10-21(2)11-13-26)40(37,38)28-16-14-27(39-5)15-17-28/h7-18,22-23H,6,19-20H2,1-5H3,(H,32,36)/t22-,23-/m0/s1. The number of hydrogen-bond donors (Lipinski definition) is 1. The number of rotatable bonds is 12. The van der Waals surface area contributed by atoms with Crippen molar-refractivity contribution in [1.82, 2.24) is 10.2 Å². The number of aryl methyl sites for hydroxylation is 1. The molecule has 0 aliphatic carbocycles. The van der Waals surface area contributed by atoms with Crippen LogP contribution >= 0.6 is 27.7 Å². The number of nitrogens with zero attached hydrogens (tertiary/aromatic N) is 2. The first kappa shape index (κ1) is 31.7. The summed E-state index contributed by atoms with van der Waals surface area (Å²) in [6, 6.07) is 20.2. The second-order valence-corrected chi connectivity index (χ2v) is 13.3. The second-order valence-electron chi connectivity index (χ2n) is 9.67. The van der Waals surface area contributed by atoms with Gasteiger partial charge in [0.25, 0.3) is 10.0 Å². The average molecular weight is 647 g/mol. The van der Waals surface area contributed by atoms with Gasteiger partial charge in [-0.2, -0.15) is 0 Å². The van der Waals surface area contributed by atoms with Crippen LogP contribution in [0.3, 0.4) is 0 Å². The van der Waals surface area contributed by atoms with E-state index in [0.717, 1.165) is 31.2 Å². The van der Waals surface area contributed by atoms with Crippen LogP contribution in [0.4, 0.5) is 5.69 Å². The van der Waals surface area contributed by atoms with Crippen LogP contribution in [0, 0.1) is 6.92 Å². The van der Waals surface area contributed by atoms with Gasteiger partial charge in [-0.3, -0.25) is 13.9 Å². The van der Waals surface area contributed by atoms with Gasteiger partial charge < -0.3 is 10.2 Å². The van der Waals surface area contributed by atoms with Crippen molar-refractivity contribution in [1.29, 1.82) is 0 Å². The predicted molar refractivity (Wildman–Crippen MR) is 166 cm³/mol. The maximum atomic E-state index is 14.0. The topological polar surface area (TPSA) is 86.8 Å². The number of carbonyl (C=O) groups excluding carboxylic acids is 2. The van der Waals surface area contributed by atoms with Crippen LogP contribution < -0.4 is 9.62 Å². The molecule has 3 aromatic rings. The molecule has 0 spiro atoms. The van der Waals surface area contributed by atoms with Crippen LogP contribution in [-0.2, 0) is 26.2 Å². The third-order valence-electron chi connectivity index (χ3n) is 6.66. The van der Waals surface area contributed by atoms with Crippen LogP contribution in [0.25, 0.3) is 0 Å². The summed E-state index contributed by atoms with van der Waals surface area (Å²) in [4.78, 5) is 29.6. The lowest BCUT2D eigenvalue weighted by Crippen LogP contribution is -2.52. The van der Waals surface area contributed by atoms with E-state index in [0.29, 0.717) is 5.69 Å². The van der Waals surface area contributed by atoms with E-state index in [2.05, 4.69) is 21.2 Å². The Hall–Kier alpha value is -2.82. The molecule has 0 radical (unpaired) electrons. The third-order valence-corrected chi connectivity index (χ3v) is 9.68. The molecule has 2 atom stereocenters. The minimum Gasteiger partial charge on any atom is -0.352 e. The van der Waals surface area contributed by atoms with Gasteiger partial charge >= 0.3 is 0 Å². The molecule has 1 N–H and O–H groups in total. The Morgan fingerprint density at radius 1 is 1.00 bits per heavy atom. The summed E-state index contributed by atoms with van der Waals surface area (Å²) in [7, 11) is -4.10. The van der Waals surface area contributed by atoms with Crippen molar-refractivity contribution >= 4 is 55.2 Å². The van der Waals surface area contributed by atoms with Gasteiger partial charge in [0.1, 0.15) is 12.6 Å². The summed E-state index contributed by atoms with van der Waals surface area (Å²) < 4.78 is 29.8. The molecule has 0 bridgehead atoms. The molecule has 0 saturated heterocycles. The van der Waals surface area contributed by atoms with Crippen LogP contribution in [-0.4, -0.2) is 50.0 Å². The SMILES string of the molecule is CC[C@H](C)NC(=O)[C@H](C)N(Cc1cccc(Br)c1)C(=O)CN(c1ccc(C)cc1)S(=O)(=O)c1ccc(SC)cc1. The van der Waals surface area contributed by atoms with Crippen molar-refractivity contribution in [3.8, 4) is 0 Å². The fraction of sp³-hybridized carbons (Fsp3) is 0.333. The van der Waals surface area contributed by atoms with E-state index in [9.17, 15) is 18.0 Å². The Bertz CT molecular complexity index is 1410. The third kappa shape index (κ3) is 8.11. The van der Waals surface area contributed by atoms with E-state index >= 15 is 0 Å². The minimum absolute atomic E-state index is 0.0635. The predicted octanol–water partition coefficient (Wildman–Crippen LogP) is 6.01. The van der Waals surface area contributed by atoms with Gasteiger partial charge in [0.15, 0.2) is 0 Å². The molecule has 214 valence electrons. The zero-order valence-electron chi connectivity index (χ0n) is 23.4.